The molecular formula is C21H24N4O2S. The maximum atomic E-state index is 12.2. The van der Waals surface area contributed by atoms with Crippen molar-refractivity contribution in [3.63, 3.8) is 0 Å². The number of hydrogen-bond donors (Lipinski definition) is 1. The smallest absolute Gasteiger partial charge is 0.234 e. The molecule has 0 saturated heterocycles. The highest BCUT2D eigenvalue weighted by molar-refractivity contribution is 7.99. The normalized spacial score (nSPS) is 10.9. The van der Waals surface area contributed by atoms with E-state index >= 15 is 0 Å². The Morgan fingerprint density at radius 2 is 1.79 bits per heavy atom. The van der Waals surface area contributed by atoms with E-state index in [2.05, 4.69) is 53.6 Å². The van der Waals surface area contributed by atoms with Gasteiger partial charge in [0.15, 0.2) is 11.0 Å². The summed E-state index contributed by atoms with van der Waals surface area (Å²) in [6, 6.07) is 15.6. The molecule has 0 aliphatic carbocycles. The van der Waals surface area contributed by atoms with Gasteiger partial charge in [-0.25, -0.2) is 0 Å². The molecule has 28 heavy (non-hydrogen) atoms. The Morgan fingerprint density at radius 1 is 1.11 bits per heavy atom. The van der Waals surface area contributed by atoms with Gasteiger partial charge >= 0.3 is 0 Å². The Bertz CT molecular complexity index is 934. The maximum Gasteiger partial charge on any atom is 0.234 e. The number of anilines is 1. The van der Waals surface area contributed by atoms with E-state index in [9.17, 15) is 4.79 Å². The van der Waals surface area contributed by atoms with Gasteiger partial charge in [-0.2, -0.15) is 0 Å². The molecule has 146 valence electrons. The number of carbonyl (C=O) groups is 1. The summed E-state index contributed by atoms with van der Waals surface area (Å²) < 4.78 is 7.03. The summed E-state index contributed by atoms with van der Waals surface area (Å²) in [5.41, 5.74) is 3.03. The summed E-state index contributed by atoms with van der Waals surface area (Å²) >= 11 is 1.36. The number of ether oxygens (including phenoxy) is 1. The zero-order valence-electron chi connectivity index (χ0n) is 16.5. The minimum absolute atomic E-state index is 0.0963. The lowest BCUT2D eigenvalue weighted by Gasteiger charge is -2.08. The minimum Gasteiger partial charge on any atom is -0.497 e. The van der Waals surface area contributed by atoms with E-state index < -0.39 is 0 Å². The minimum atomic E-state index is -0.0963. The number of rotatable bonds is 7. The first-order chi connectivity index (χ1) is 13.5. The molecule has 0 saturated carbocycles. The molecule has 3 aromatic rings. The van der Waals surface area contributed by atoms with Gasteiger partial charge in [0.05, 0.1) is 12.9 Å². The second-order valence-corrected chi connectivity index (χ2v) is 7.65. The number of nitrogens with zero attached hydrogens (tertiary/aromatic N) is 3. The molecule has 1 aromatic heterocycles. The number of amides is 1. The van der Waals surface area contributed by atoms with Crippen LogP contribution in [0.3, 0.4) is 0 Å². The van der Waals surface area contributed by atoms with Gasteiger partial charge < -0.3 is 14.6 Å². The van der Waals surface area contributed by atoms with E-state index in [1.54, 1.807) is 7.11 Å². The van der Waals surface area contributed by atoms with E-state index in [0.717, 1.165) is 22.8 Å². The van der Waals surface area contributed by atoms with Crippen LogP contribution in [-0.4, -0.2) is 33.5 Å². The molecule has 0 fully saturated rings. The highest BCUT2D eigenvalue weighted by Gasteiger charge is 2.13. The summed E-state index contributed by atoms with van der Waals surface area (Å²) in [6.07, 6.45) is 0. The summed E-state index contributed by atoms with van der Waals surface area (Å²) in [4.78, 5) is 12.2. The molecule has 2 aromatic carbocycles. The molecule has 0 aliphatic heterocycles. The predicted octanol–water partition coefficient (Wildman–Crippen LogP) is 4.34. The van der Waals surface area contributed by atoms with Crippen LogP contribution in [0, 0.1) is 0 Å². The third-order valence-electron chi connectivity index (χ3n) is 4.38. The van der Waals surface area contributed by atoms with Gasteiger partial charge in [-0.05, 0) is 35.7 Å². The van der Waals surface area contributed by atoms with Crippen molar-refractivity contribution in [1.29, 1.82) is 0 Å². The molecule has 1 N–H and O–H groups in total. The van der Waals surface area contributed by atoms with Crippen LogP contribution in [0.25, 0.3) is 11.4 Å². The van der Waals surface area contributed by atoms with Crippen LogP contribution in [0.4, 0.5) is 5.69 Å². The van der Waals surface area contributed by atoms with Crippen molar-refractivity contribution in [1.82, 2.24) is 14.8 Å². The van der Waals surface area contributed by atoms with Gasteiger partial charge in [0, 0.05) is 18.3 Å². The molecular weight excluding hydrogens is 372 g/mol. The Balaban J connectivity index is 1.61. The second-order valence-electron chi connectivity index (χ2n) is 6.71. The fourth-order valence-electron chi connectivity index (χ4n) is 2.71. The number of methoxy groups -OCH3 is 1. The Morgan fingerprint density at radius 3 is 2.39 bits per heavy atom. The Hall–Kier alpha value is -2.80. The number of carbonyl (C=O) groups excluding carboxylic acids is 1. The van der Waals surface area contributed by atoms with Gasteiger partial charge in [-0.1, -0.05) is 49.9 Å². The van der Waals surface area contributed by atoms with E-state index in [1.165, 1.54) is 17.3 Å². The average molecular weight is 397 g/mol. The van der Waals surface area contributed by atoms with Crippen molar-refractivity contribution in [2.75, 3.05) is 18.2 Å². The fourth-order valence-corrected chi connectivity index (χ4v) is 3.42. The first kappa shape index (κ1) is 19.9. The maximum absolute atomic E-state index is 12.2. The first-order valence-corrected chi connectivity index (χ1v) is 10.0. The molecule has 0 radical (unpaired) electrons. The highest BCUT2D eigenvalue weighted by atomic mass is 32.2. The van der Waals surface area contributed by atoms with Crippen molar-refractivity contribution in [2.45, 2.75) is 24.9 Å². The molecule has 1 amide bonds. The molecule has 0 aliphatic rings. The van der Waals surface area contributed by atoms with Crippen molar-refractivity contribution >= 4 is 23.4 Å². The van der Waals surface area contributed by atoms with Crippen molar-refractivity contribution in [3.05, 3.63) is 54.1 Å². The van der Waals surface area contributed by atoms with Gasteiger partial charge in [-0.3, -0.25) is 4.79 Å². The topological polar surface area (TPSA) is 69.0 Å². The summed E-state index contributed by atoms with van der Waals surface area (Å²) in [7, 11) is 3.52. The largest absolute Gasteiger partial charge is 0.497 e. The molecule has 7 heteroatoms. The third kappa shape index (κ3) is 4.72. The average Bonchev–Trinajstić information content (AvgIpc) is 3.07. The molecule has 0 atom stereocenters. The van der Waals surface area contributed by atoms with E-state index in [-0.39, 0.29) is 11.7 Å². The zero-order chi connectivity index (χ0) is 20.1. The van der Waals surface area contributed by atoms with Crippen LogP contribution in [0.5, 0.6) is 5.75 Å². The van der Waals surface area contributed by atoms with Crippen LogP contribution in [0.15, 0.2) is 53.7 Å². The fraction of sp³-hybridized carbons (Fsp3) is 0.286. The number of nitrogens with one attached hydrogen (secondary N) is 1. The van der Waals surface area contributed by atoms with Gasteiger partial charge in [-0.15, -0.1) is 10.2 Å². The molecule has 3 rings (SSSR count). The predicted molar refractivity (Wildman–Crippen MR) is 113 cm³/mol. The Labute approximate surface area is 169 Å². The number of aromatic nitrogens is 3. The molecule has 0 spiro atoms. The molecule has 1 heterocycles. The van der Waals surface area contributed by atoms with Crippen LogP contribution >= 0.6 is 11.8 Å². The van der Waals surface area contributed by atoms with Crippen molar-refractivity contribution in [3.8, 4) is 17.1 Å². The van der Waals surface area contributed by atoms with Gasteiger partial charge in [0.25, 0.3) is 0 Å². The Kier molecular flexibility index (Phi) is 6.36. The molecule has 6 nitrogen and oxygen atoms in total. The molecule has 0 unspecified atom stereocenters. The standard InChI is InChI=1S/C21H24N4O2S/c1-14(2)15-5-7-16(8-6-15)20-23-24-21(25(20)3)28-13-19(26)22-17-9-11-18(27-4)12-10-17/h5-12,14H,13H2,1-4H3,(H,22,26). The number of thioether (sulfide) groups is 1. The first-order valence-electron chi connectivity index (χ1n) is 9.04. The number of hydrogen-bond acceptors (Lipinski definition) is 5. The highest BCUT2D eigenvalue weighted by Crippen LogP contribution is 2.25. The zero-order valence-corrected chi connectivity index (χ0v) is 17.3. The van der Waals surface area contributed by atoms with E-state index in [1.807, 2.05) is 35.9 Å². The van der Waals surface area contributed by atoms with Crippen LogP contribution in [0.2, 0.25) is 0 Å². The summed E-state index contributed by atoms with van der Waals surface area (Å²) in [5, 5.41) is 12.1. The SMILES string of the molecule is COc1ccc(NC(=O)CSc2nnc(-c3ccc(C(C)C)cc3)n2C)cc1. The third-order valence-corrected chi connectivity index (χ3v) is 5.40. The van der Waals surface area contributed by atoms with E-state index in [4.69, 9.17) is 4.74 Å². The van der Waals surface area contributed by atoms with E-state index in [0.29, 0.717) is 11.1 Å². The molecule has 0 bridgehead atoms. The monoisotopic (exact) mass is 396 g/mol. The quantitative estimate of drug-likeness (QED) is 0.602. The summed E-state index contributed by atoms with van der Waals surface area (Å²) in [5.74, 6) is 2.18. The lowest BCUT2D eigenvalue weighted by Crippen LogP contribution is -2.14. The van der Waals surface area contributed by atoms with Gasteiger partial charge in [0.1, 0.15) is 5.75 Å². The summed E-state index contributed by atoms with van der Waals surface area (Å²) in [6.45, 7) is 4.34. The van der Waals surface area contributed by atoms with Crippen LogP contribution in [-0.2, 0) is 11.8 Å². The van der Waals surface area contributed by atoms with Gasteiger partial charge in [0.2, 0.25) is 5.91 Å². The van der Waals surface area contributed by atoms with Crippen LogP contribution in [0.1, 0.15) is 25.3 Å². The van der Waals surface area contributed by atoms with Crippen molar-refractivity contribution in [2.24, 2.45) is 7.05 Å². The lowest BCUT2D eigenvalue weighted by atomic mass is 10.0. The lowest BCUT2D eigenvalue weighted by molar-refractivity contribution is -0.113. The van der Waals surface area contributed by atoms with Crippen molar-refractivity contribution < 1.29 is 9.53 Å². The van der Waals surface area contributed by atoms with Crippen LogP contribution < -0.4 is 10.1 Å². The second kappa shape index (κ2) is 8.93. The number of benzene rings is 2.